The number of methoxy groups -OCH3 is 1. The zero-order chi connectivity index (χ0) is 25.9. The van der Waals surface area contributed by atoms with E-state index in [2.05, 4.69) is 16.3 Å². The van der Waals surface area contributed by atoms with Gasteiger partial charge in [-0.2, -0.15) is 5.26 Å². The van der Waals surface area contributed by atoms with Gasteiger partial charge in [0.15, 0.2) is 0 Å². The number of hydrogen-bond acceptors (Lipinski definition) is 6. The molecule has 0 aliphatic carbocycles. The number of nitrogens with zero attached hydrogens (tertiary/aromatic N) is 4. The van der Waals surface area contributed by atoms with Crippen LogP contribution in [0.25, 0.3) is 10.9 Å². The van der Waals surface area contributed by atoms with Crippen LogP contribution in [0.15, 0.2) is 54.6 Å². The summed E-state index contributed by atoms with van der Waals surface area (Å²) in [6.45, 7) is 2.16. The lowest BCUT2D eigenvalue weighted by Gasteiger charge is -2.42. The van der Waals surface area contributed by atoms with E-state index < -0.39 is 6.09 Å². The molecule has 192 valence electrons. The summed E-state index contributed by atoms with van der Waals surface area (Å²) in [5, 5.41) is 12.9. The highest BCUT2D eigenvalue weighted by atomic mass is 16.5. The molecule has 2 fully saturated rings. The maximum Gasteiger partial charge on any atom is 0.407 e. The Morgan fingerprint density at radius 3 is 2.46 bits per heavy atom. The van der Waals surface area contributed by atoms with Gasteiger partial charge in [-0.05, 0) is 49.2 Å². The van der Waals surface area contributed by atoms with Crippen LogP contribution in [0.5, 0.6) is 5.75 Å². The highest BCUT2D eigenvalue weighted by Gasteiger charge is 2.42. The molecule has 2 aliphatic heterocycles. The molecular formula is C28H31N5O4. The molecule has 2 amide bonds. The topological polar surface area (TPSA) is 99.8 Å². The highest BCUT2D eigenvalue weighted by Crippen LogP contribution is 2.31. The minimum atomic E-state index is -0.509. The fourth-order valence-electron chi connectivity index (χ4n) is 5.55. The first-order valence-electron chi connectivity index (χ1n) is 12.5. The highest BCUT2D eigenvalue weighted by molar-refractivity contribution is 5.98. The molecule has 1 aromatic heterocycles. The monoisotopic (exact) mass is 501 g/mol. The Kier molecular flexibility index (Phi) is 7.01. The summed E-state index contributed by atoms with van der Waals surface area (Å²) in [5.41, 5.74) is 2.31. The van der Waals surface area contributed by atoms with Crippen LogP contribution in [0, 0.1) is 11.3 Å². The molecule has 0 spiro atoms. The molecule has 2 unspecified atom stereocenters. The van der Waals surface area contributed by atoms with E-state index in [1.54, 1.807) is 24.3 Å². The second-order valence-corrected chi connectivity index (χ2v) is 9.72. The fraction of sp³-hybridized carbons (Fsp3) is 0.393. The molecule has 9 nitrogen and oxygen atoms in total. The predicted molar refractivity (Wildman–Crippen MR) is 138 cm³/mol. The van der Waals surface area contributed by atoms with Crippen molar-refractivity contribution in [2.45, 2.75) is 31.0 Å². The lowest BCUT2D eigenvalue weighted by Crippen LogP contribution is -2.59. The molecule has 2 aliphatic rings. The first kappa shape index (κ1) is 24.7. The summed E-state index contributed by atoms with van der Waals surface area (Å²) in [6.07, 6.45) is 1.50. The van der Waals surface area contributed by atoms with Crippen molar-refractivity contribution in [2.75, 3.05) is 33.4 Å². The third-order valence-corrected chi connectivity index (χ3v) is 7.46. The molecule has 3 atom stereocenters. The van der Waals surface area contributed by atoms with E-state index in [9.17, 15) is 9.59 Å². The van der Waals surface area contributed by atoms with E-state index in [1.165, 1.54) is 7.11 Å². The Morgan fingerprint density at radius 1 is 1.11 bits per heavy atom. The van der Waals surface area contributed by atoms with Gasteiger partial charge in [0.25, 0.3) is 5.91 Å². The molecule has 3 heterocycles. The molecule has 37 heavy (non-hydrogen) atoms. The zero-order valence-electron chi connectivity index (χ0n) is 21.1. The Bertz CT molecular complexity index is 1310. The predicted octanol–water partition coefficient (Wildman–Crippen LogP) is 3.14. The maximum absolute atomic E-state index is 13.5. The minimum Gasteiger partial charge on any atom is -0.491 e. The summed E-state index contributed by atoms with van der Waals surface area (Å²) in [5.74, 6) is 0.688. The zero-order valence-corrected chi connectivity index (χ0v) is 21.1. The molecule has 5 rings (SSSR count). The SMILES string of the molecule is COC(=O)N[C@H](COc1ccc(C#N)cc1)CN1C2CCC1CN(C(=O)c1cc3ccccc3n1C)C2. The van der Waals surface area contributed by atoms with Gasteiger partial charge in [0.05, 0.1) is 24.8 Å². The van der Waals surface area contributed by atoms with Gasteiger partial charge in [-0.15, -0.1) is 0 Å². The molecule has 1 N–H and O–H groups in total. The number of nitrogens with one attached hydrogen (secondary N) is 1. The minimum absolute atomic E-state index is 0.0589. The smallest absolute Gasteiger partial charge is 0.407 e. The first-order chi connectivity index (χ1) is 18.0. The second kappa shape index (κ2) is 10.5. The lowest BCUT2D eigenvalue weighted by molar-refractivity contribution is 0.0386. The Hall–Kier alpha value is -4.03. The molecule has 2 aromatic carbocycles. The molecule has 3 aromatic rings. The van der Waals surface area contributed by atoms with Gasteiger partial charge in [0, 0.05) is 49.7 Å². The van der Waals surface area contributed by atoms with Crippen molar-refractivity contribution in [1.29, 1.82) is 5.26 Å². The number of para-hydroxylation sites is 1. The molecule has 2 bridgehead atoms. The van der Waals surface area contributed by atoms with Crippen LogP contribution in [0.4, 0.5) is 4.79 Å². The van der Waals surface area contributed by atoms with Crippen LogP contribution in [-0.2, 0) is 11.8 Å². The number of ether oxygens (including phenoxy) is 2. The molecule has 2 saturated heterocycles. The van der Waals surface area contributed by atoms with Crippen molar-refractivity contribution < 1.29 is 19.1 Å². The van der Waals surface area contributed by atoms with Crippen LogP contribution in [0.1, 0.15) is 28.9 Å². The van der Waals surface area contributed by atoms with Crippen molar-refractivity contribution in [3.63, 3.8) is 0 Å². The fourth-order valence-corrected chi connectivity index (χ4v) is 5.55. The summed E-state index contributed by atoms with van der Waals surface area (Å²) < 4.78 is 12.7. The van der Waals surface area contributed by atoms with E-state index in [-0.39, 0.29) is 30.6 Å². The van der Waals surface area contributed by atoms with Gasteiger partial charge in [0.2, 0.25) is 0 Å². The molecule has 0 saturated carbocycles. The maximum atomic E-state index is 13.5. The molecular weight excluding hydrogens is 470 g/mol. The van der Waals surface area contributed by atoms with E-state index in [0.717, 1.165) is 23.7 Å². The quantitative estimate of drug-likeness (QED) is 0.534. The van der Waals surface area contributed by atoms with Crippen LogP contribution in [-0.4, -0.2) is 77.8 Å². The van der Waals surface area contributed by atoms with E-state index in [0.29, 0.717) is 36.6 Å². The Morgan fingerprint density at radius 2 is 1.81 bits per heavy atom. The third kappa shape index (κ3) is 5.11. The number of hydrogen-bond donors (Lipinski definition) is 1. The van der Waals surface area contributed by atoms with E-state index in [1.807, 2.05) is 46.8 Å². The van der Waals surface area contributed by atoms with Gasteiger partial charge in [-0.1, -0.05) is 18.2 Å². The number of benzene rings is 2. The van der Waals surface area contributed by atoms with Gasteiger partial charge < -0.3 is 24.3 Å². The van der Waals surface area contributed by atoms with E-state index >= 15 is 0 Å². The lowest BCUT2D eigenvalue weighted by atomic mass is 10.1. The number of aryl methyl sites for hydroxylation is 1. The average molecular weight is 502 g/mol. The van der Waals surface area contributed by atoms with Crippen LogP contribution >= 0.6 is 0 Å². The number of carbonyl (C=O) groups excluding carboxylic acids is 2. The van der Waals surface area contributed by atoms with Gasteiger partial charge in [-0.3, -0.25) is 9.69 Å². The Labute approximate surface area is 216 Å². The standard InChI is InChI=1S/C28H31N5O4/c1-31-25-6-4-3-5-20(25)13-26(31)27(34)32-16-22-9-10-23(17-32)33(22)15-21(30-28(35)36-2)18-37-24-11-7-19(14-29)8-12-24/h3-8,11-13,21-23H,9-10,15-18H2,1-2H3,(H,30,35)/t21-,22?,23?/m0/s1. The number of amides is 2. The summed E-state index contributed by atoms with van der Waals surface area (Å²) in [7, 11) is 3.28. The number of nitriles is 1. The number of carbonyl (C=O) groups is 2. The van der Waals surface area contributed by atoms with Gasteiger partial charge >= 0.3 is 6.09 Å². The normalized spacial score (nSPS) is 19.9. The van der Waals surface area contributed by atoms with Crippen molar-refractivity contribution in [1.82, 2.24) is 19.7 Å². The van der Waals surface area contributed by atoms with Crippen LogP contribution in [0.3, 0.4) is 0 Å². The van der Waals surface area contributed by atoms with E-state index in [4.69, 9.17) is 14.7 Å². The van der Waals surface area contributed by atoms with Crippen LogP contribution < -0.4 is 10.1 Å². The number of alkyl carbamates (subject to hydrolysis) is 1. The van der Waals surface area contributed by atoms with Crippen LogP contribution in [0.2, 0.25) is 0 Å². The van der Waals surface area contributed by atoms with Crippen molar-refractivity contribution >= 4 is 22.9 Å². The molecule has 0 radical (unpaired) electrons. The summed E-state index contributed by atoms with van der Waals surface area (Å²) in [6, 6.07) is 19.1. The first-order valence-corrected chi connectivity index (χ1v) is 12.5. The van der Waals surface area contributed by atoms with Crippen molar-refractivity contribution in [2.24, 2.45) is 7.05 Å². The average Bonchev–Trinajstić information content (AvgIpc) is 3.37. The largest absolute Gasteiger partial charge is 0.491 e. The second-order valence-electron chi connectivity index (χ2n) is 9.72. The summed E-state index contributed by atoms with van der Waals surface area (Å²) >= 11 is 0. The Balaban J connectivity index is 1.25. The van der Waals surface area contributed by atoms with Crippen molar-refractivity contribution in [3.05, 3.63) is 65.9 Å². The van der Waals surface area contributed by atoms with Crippen molar-refractivity contribution in [3.8, 4) is 11.8 Å². The number of fused-ring (bicyclic) bond motifs is 3. The number of piperazine rings is 1. The third-order valence-electron chi connectivity index (χ3n) is 7.46. The van der Waals surface area contributed by atoms with Gasteiger partial charge in [-0.25, -0.2) is 4.79 Å². The number of likely N-dealkylation sites (tertiary alicyclic amines) is 1. The molecule has 9 heteroatoms. The number of aromatic nitrogens is 1. The summed E-state index contributed by atoms with van der Waals surface area (Å²) in [4.78, 5) is 29.9. The van der Waals surface area contributed by atoms with Gasteiger partial charge in [0.1, 0.15) is 18.1 Å². The number of rotatable bonds is 7.